The third-order valence-electron chi connectivity index (χ3n) is 5.85. The molecule has 0 aliphatic carbocycles. The van der Waals surface area contributed by atoms with E-state index in [-0.39, 0.29) is 17.4 Å². The first kappa shape index (κ1) is 18.9. The normalized spacial score (nSPS) is 22.2. The number of hydrogen-bond donors (Lipinski definition) is 1. The van der Waals surface area contributed by atoms with Gasteiger partial charge in [-0.25, -0.2) is 0 Å². The van der Waals surface area contributed by atoms with Gasteiger partial charge in [0.05, 0.1) is 5.60 Å². The lowest BCUT2D eigenvalue weighted by Gasteiger charge is -2.46. The summed E-state index contributed by atoms with van der Waals surface area (Å²) in [5.74, 6) is 0.742. The van der Waals surface area contributed by atoms with Crippen LogP contribution in [0.2, 0.25) is 0 Å². The number of carbonyl (C=O) groups excluding carboxylic acids is 2. The minimum Gasteiger partial charge on any atom is -0.375 e. The van der Waals surface area contributed by atoms with Gasteiger partial charge in [-0.05, 0) is 43.6 Å². The van der Waals surface area contributed by atoms with Crippen molar-refractivity contribution in [3.8, 4) is 0 Å². The number of aryl methyl sites for hydroxylation is 1. The molecule has 26 heavy (non-hydrogen) atoms. The van der Waals surface area contributed by atoms with E-state index < -0.39 is 0 Å². The number of benzene rings is 1. The van der Waals surface area contributed by atoms with E-state index in [2.05, 4.69) is 17.4 Å². The van der Waals surface area contributed by atoms with Gasteiger partial charge in [-0.2, -0.15) is 0 Å². The van der Waals surface area contributed by atoms with Gasteiger partial charge in [-0.3, -0.25) is 9.59 Å². The standard InChI is InChI=1S/C21H30N2O3/c1-22-19(24)15-18-9-14-26-21(16-18)10-12-23(13-11-21)20(25)8-7-17-5-3-2-4-6-17/h2-6,18H,7-16H2,1H3,(H,22,24). The number of nitrogens with one attached hydrogen (secondary N) is 1. The minimum absolute atomic E-state index is 0.112. The summed E-state index contributed by atoms with van der Waals surface area (Å²) in [6, 6.07) is 10.2. The van der Waals surface area contributed by atoms with Crippen LogP contribution >= 0.6 is 0 Å². The van der Waals surface area contributed by atoms with Gasteiger partial charge < -0.3 is 15.0 Å². The lowest BCUT2D eigenvalue weighted by molar-refractivity contribution is -0.148. The van der Waals surface area contributed by atoms with E-state index in [4.69, 9.17) is 4.74 Å². The van der Waals surface area contributed by atoms with Gasteiger partial charge in [-0.15, -0.1) is 0 Å². The monoisotopic (exact) mass is 358 g/mol. The van der Waals surface area contributed by atoms with Crippen LogP contribution < -0.4 is 5.32 Å². The highest BCUT2D eigenvalue weighted by molar-refractivity contribution is 5.76. The third-order valence-corrected chi connectivity index (χ3v) is 5.85. The van der Waals surface area contributed by atoms with Crippen LogP contribution in [0, 0.1) is 5.92 Å². The Balaban J connectivity index is 1.47. The molecular weight excluding hydrogens is 328 g/mol. The first-order chi connectivity index (χ1) is 12.6. The first-order valence-electron chi connectivity index (χ1n) is 9.76. The Morgan fingerprint density at radius 3 is 2.65 bits per heavy atom. The molecule has 142 valence electrons. The zero-order chi connectivity index (χ0) is 18.4. The van der Waals surface area contributed by atoms with Crippen molar-refractivity contribution in [2.75, 3.05) is 26.7 Å². The molecule has 1 aromatic rings. The number of amides is 2. The van der Waals surface area contributed by atoms with Crippen LogP contribution in [0.25, 0.3) is 0 Å². The van der Waals surface area contributed by atoms with Crippen LogP contribution in [0.1, 0.15) is 44.1 Å². The van der Waals surface area contributed by atoms with Gasteiger partial charge >= 0.3 is 0 Å². The van der Waals surface area contributed by atoms with Crippen LogP contribution in [0.15, 0.2) is 30.3 Å². The van der Waals surface area contributed by atoms with Crippen molar-refractivity contribution in [3.05, 3.63) is 35.9 Å². The molecule has 5 heteroatoms. The molecule has 2 amide bonds. The van der Waals surface area contributed by atoms with Crippen molar-refractivity contribution in [2.24, 2.45) is 5.92 Å². The summed E-state index contributed by atoms with van der Waals surface area (Å²) in [7, 11) is 1.69. The molecule has 2 saturated heterocycles. The molecule has 2 aliphatic rings. The fourth-order valence-electron chi connectivity index (χ4n) is 4.23. The van der Waals surface area contributed by atoms with Crippen molar-refractivity contribution in [2.45, 2.75) is 50.5 Å². The molecule has 1 unspecified atom stereocenters. The van der Waals surface area contributed by atoms with Gasteiger partial charge in [0.1, 0.15) is 0 Å². The number of piperidine rings is 1. The van der Waals surface area contributed by atoms with Crippen LogP contribution in [0.5, 0.6) is 0 Å². The number of hydrogen-bond acceptors (Lipinski definition) is 3. The van der Waals surface area contributed by atoms with E-state index in [1.165, 1.54) is 5.56 Å². The molecule has 1 aromatic carbocycles. The van der Waals surface area contributed by atoms with Crippen molar-refractivity contribution in [1.82, 2.24) is 10.2 Å². The van der Waals surface area contributed by atoms with Gasteiger partial charge in [-0.1, -0.05) is 30.3 Å². The number of carbonyl (C=O) groups is 2. The van der Waals surface area contributed by atoms with E-state index in [9.17, 15) is 9.59 Å². The highest BCUT2D eigenvalue weighted by Gasteiger charge is 2.41. The Morgan fingerprint density at radius 2 is 1.96 bits per heavy atom. The largest absolute Gasteiger partial charge is 0.375 e. The van der Waals surface area contributed by atoms with Crippen LogP contribution in [0.3, 0.4) is 0 Å². The van der Waals surface area contributed by atoms with Crippen LogP contribution in [-0.2, 0) is 20.7 Å². The van der Waals surface area contributed by atoms with Gasteiger partial charge in [0.15, 0.2) is 0 Å². The maximum Gasteiger partial charge on any atom is 0.222 e. The van der Waals surface area contributed by atoms with Crippen LogP contribution in [-0.4, -0.2) is 49.1 Å². The fourth-order valence-corrected chi connectivity index (χ4v) is 4.23. The number of ether oxygens (including phenoxy) is 1. The molecule has 0 saturated carbocycles. The molecule has 5 nitrogen and oxygen atoms in total. The molecule has 0 radical (unpaired) electrons. The molecule has 2 aliphatic heterocycles. The van der Waals surface area contributed by atoms with Gasteiger partial charge in [0.25, 0.3) is 0 Å². The summed E-state index contributed by atoms with van der Waals surface area (Å²) in [6.07, 6.45) is 5.61. The van der Waals surface area contributed by atoms with Gasteiger partial charge in [0, 0.05) is 39.6 Å². The number of rotatable bonds is 5. The predicted molar refractivity (Wildman–Crippen MR) is 101 cm³/mol. The smallest absolute Gasteiger partial charge is 0.222 e. The van der Waals surface area contributed by atoms with Crippen molar-refractivity contribution >= 4 is 11.8 Å². The summed E-state index contributed by atoms with van der Waals surface area (Å²) in [5, 5.41) is 2.72. The Labute approximate surface area is 156 Å². The van der Waals surface area contributed by atoms with Gasteiger partial charge in [0.2, 0.25) is 11.8 Å². The molecule has 0 bridgehead atoms. The Bertz CT molecular complexity index is 609. The van der Waals surface area contributed by atoms with E-state index >= 15 is 0 Å². The Morgan fingerprint density at radius 1 is 1.23 bits per heavy atom. The number of likely N-dealkylation sites (tertiary alicyclic amines) is 1. The summed E-state index contributed by atoms with van der Waals surface area (Å²) < 4.78 is 6.14. The summed E-state index contributed by atoms with van der Waals surface area (Å²) in [4.78, 5) is 26.2. The third kappa shape index (κ3) is 4.85. The highest BCUT2D eigenvalue weighted by atomic mass is 16.5. The average molecular weight is 358 g/mol. The Kier molecular flexibility index (Phi) is 6.30. The minimum atomic E-state index is -0.132. The maximum atomic E-state index is 12.5. The molecule has 1 N–H and O–H groups in total. The SMILES string of the molecule is CNC(=O)CC1CCOC2(CCN(C(=O)CCc3ccccc3)CC2)C1. The van der Waals surface area contributed by atoms with Crippen LogP contribution in [0.4, 0.5) is 0 Å². The molecule has 1 spiro atoms. The van der Waals surface area contributed by atoms with Crippen molar-refractivity contribution in [3.63, 3.8) is 0 Å². The maximum absolute atomic E-state index is 12.5. The van der Waals surface area contributed by atoms with E-state index in [0.29, 0.717) is 18.8 Å². The quantitative estimate of drug-likeness (QED) is 0.880. The molecule has 3 rings (SSSR count). The van der Waals surface area contributed by atoms with E-state index in [0.717, 1.165) is 51.8 Å². The molecule has 0 aromatic heterocycles. The van der Waals surface area contributed by atoms with Crippen molar-refractivity contribution < 1.29 is 14.3 Å². The molecular formula is C21H30N2O3. The number of nitrogens with zero attached hydrogens (tertiary/aromatic N) is 1. The fraction of sp³-hybridized carbons (Fsp3) is 0.619. The zero-order valence-electron chi connectivity index (χ0n) is 15.7. The second-order valence-corrected chi connectivity index (χ2v) is 7.63. The average Bonchev–Trinajstić information content (AvgIpc) is 2.67. The molecule has 2 fully saturated rings. The summed E-state index contributed by atoms with van der Waals surface area (Å²) in [5.41, 5.74) is 1.08. The van der Waals surface area contributed by atoms with Crippen molar-refractivity contribution in [1.29, 1.82) is 0 Å². The first-order valence-corrected chi connectivity index (χ1v) is 9.76. The Hall–Kier alpha value is -1.88. The molecule has 1 atom stereocenters. The lowest BCUT2D eigenvalue weighted by atomic mass is 9.78. The van der Waals surface area contributed by atoms with E-state index in [1.807, 2.05) is 23.1 Å². The summed E-state index contributed by atoms with van der Waals surface area (Å²) in [6.45, 7) is 2.25. The zero-order valence-corrected chi connectivity index (χ0v) is 15.7. The molecule has 2 heterocycles. The second kappa shape index (κ2) is 8.67. The predicted octanol–water partition coefficient (Wildman–Crippen LogP) is 2.54. The van der Waals surface area contributed by atoms with E-state index in [1.54, 1.807) is 7.05 Å². The lowest BCUT2D eigenvalue weighted by Crippen LogP contribution is -2.51. The topological polar surface area (TPSA) is 58.6 Å². The highest BCUT2D eigenvalue weighted by Crippen LogP contribution is 2.38. The summed E-state index contributed by atoms with van der Waals surface area (Å²) >= 11 is 0. The second-order valence-electron chi connectivity index (χ2n) is 7.63.